The van der Waals surface area contributed by atoms with Crippen LogP contribution in [0.5, 0.6) is 5.75 Å². The molecular formula is C24H17Cl2N3O8. The number of methoxy groups -OCH3 is 1. The third kappa shape index (κ3) is 5.74. The summed E-state index contributed by atoms with van der Waals surface area (Å²) in [7, 11) is 1.19. The highest BCUT2D eigenvalue weighted by atomic mass is 35.5. The first-order valence-electron chi connectivity index (χ1n) is 10.5. The predicted octanol–water partition coefficient (Wildman–Crippen LogP) is 4.95. The van der Waals surface area contributed by atoms with Gasteiger partial charge in [-0.2, -0.15) is 0 Å². The lowest BCUT2D eigenvalue weighted by Crippen LogP contribution is -2.30. The molecule has 0 radical (unpaired) electrons. The van der Waals surface area contributed by atoms with Gasteiger partial charge in [-0.25, -0.2) is 9.59 Å². The Balaban J connectivity index is 1.58. The number of carbonyl (C=O) groups is 3. The van der Waals surface area contributed by atoms with E-state index in [2.05, 4.69) is 10.1 Å². The average molecular weight is 546 g/mol. The van der Waals surface area contributed by atoms with Crippen LogP contribution < -0.4 is 10.1 Å². The number of carbonyl (C=O) groups excluding carboxylic acids is 3. The standard InChI is InChI=1S/C24H17Cl2N3O8/c1-35-23(31)21-7-4-16(37-21)11-28-22(30)19(27-24(28)32)10-14-9-15(29(33)34)3-6-20(14)36-12-13-2-5-17(25)18(26)8-13/h2-10H,11-12H2,1H3,(H,27,32)/b19-10-. The first-order chi connectivity index (χ1) is 17.7. The van der Waals surface area contributed by atoms with E-state index in [0.717, 1.165) is 4.90 Å². The molecule has 0 atom stereocenters. The fraction of sp³-hybridized carbons (Fsp3) is 0.125. The van der Waals surface area contributed by atoms with E-state index in [9.17, 15) is 24.5 Å². The van der Waals surface area contributed by atoms with E-state index in [1.165, 1.54) is 43.5 Å². The lowest BCUT2D eigenvalue weighted by Gasteiger charge is -2.11. The van der Waals surface area contributed by atoms with Crippen molar-refractivity contribution in [2.45, 2.75) is 13.2 Å². The van der Waals surface area contributed by atoms with Gasteiger partial charge in [-0.05, 0) is 42.0 Å². The number of non-ortho nitro benzene ring substituents is 1. The van der Waals surface area contributed by atoms with Crippen molar-refractivity contribution >= 4 is 52.9 Å². The summed E-state index contributed by atoms with van der Waals surface area (Å²) in [5.41, 5.74) is 0.496. The van der Waals surface area contributed by atoms with E-state index in [0.29, 0.717) is 15.6 Å². The van der Waals surface area contributed by atoms with Gasteiger partial charge in [0.1, 0.15) is 23.8 Å². The zero-order valence-corrected chi connectivity index (χ0v) is 20.5. The van der Waals surface area contributed by atoms with Crippen LogP contribution in [0, 0.1) is 10.1 Å². The van der Waals surface area contributed by atoms with Crippen LogP contribution in [0.2, 0.25) is 10.0 Å². The first-order valence-corrected chi connectivity index (χ1v) is 11.3. The largest absolute Gasteiger partial charge is 0.488 e. The van der Waals surface area contributed by atoms with Crippen LogP contribution in [-0.4, -0.2) is 34.8 Å². The highest BCUT2D eigenvalue weighted by molar-refractivity contribution is 6.42. The average Bonchev–Trinajstić information content (AvgIpc) is 3.45. The SMILES string of the molecule is COC(=O)c1ccc(CN2C(=O)N/C(=C\c3cc([N+](=O)[O-])ccc3OCc3ccc(Cl)c(Cl)c3)C2=O)o1. The van der Waals surface area contributed by atoms with E-state index in [4.69, 9.17) is 32.4 Å². The summed E-state index contributed by atoms with van der Waals surface area (Å²) in [5.74, 6) is -1.10. The molecule has 37 heavy (non-hydrogen) atoms. The summed E-state index contributed by atoms with van der Waals surface area (Å²) in [5, 5.41) is 14.5. The Labute approximate surface area is 219 Å². The molecule has 1 aromatic heterocycles. The normalized spacial score (nSPS) is 14.1. The third-order valence-corrected chi connectivity index (χ3v) is 5.95. The minimum Gasteiger partial charge on any atom is -0.488 e. The molecule has 4 rings (SSSR count). The van der Waals surface area contributed by atoms with Gasteiger partial charge in [0, 0.05) is 17.7 Å². The number of hydrogen-bond donors (Lipinski definition) is 1. The molecule has 0 spiro atoms. The van der Waals surface area contributed by atoms with Gasteiger partial charge in [-0.1, -0.05) is 29.3 Å². The van der Waals surface area contributed by atoms with Crippen LogP contribution in [0.3, 0.4) is 0 Å². The van der Waals surface area contributed by atoms with E-state index < -0.39 is 22.8 Å². The van der Waals surface area contributed by atoms with Crippen LogP contribution >= 0.6 is 23.2 Å². The Morgan fingerprint density at radius 3 is 2.62 bits per heavy atom. The number of rotatable bonds is 8. The molecule has 2 aromatic carbocycles. The quantitative estimate of drug-likeness (QED) is 0.138. The number of amides is 3. The number of hydrogen-bond acceptors (Lipinski definition) is 8. The van der Waals surface area contributed by atoms with Crippen LogP contribution in [0.1, 0.15) is 27.4 Å². The fourth-order valence-electron chi connectivity index (χ4n) is 3.38. The Morgan fingerprint density at radius 1 is 1.14 bits per heavy atom. The van der Waals surface area contributed by atoms with Gasteiger partial charge in [0.25, 0.3) is 11.6 Å². The number of nitrogens with zero attached hydrogens (tertiary/aromatic N) is 2. The molecule has 0 unspecified atom stereocenters. The highest BCUT2D eigenvalue weighted by Crippen LogP contribution is 2.29. The minimum absolute atomic E-state index is 0.0539. The Morgan fingerprint density at radius 2 is 1.92 bits per heavy atom. The first kappa shape index (κ1) is 25.7. The molecule has 190 valence electrons. The van der Waals surface area contributed by atoms with Gasteiger partial charge in [0.2, 0.25) is 5.76 Å². The number of nitro groups is 1. The number of urea groups is 1. The van der Waals surface area contributed by atoms with Crippen molar-refractivity contribution in [2.24, 2.45) is 0 Å². The second-order valence-corrected chi connectivity index (χ2v) is 8.47. The summed E-state index contributed by atoms with van der Waals surface area (Å²) in [6.45, 7) is -0.201. The van der Waals surface area contributed by atoms with E-state index in [1.807, 2.05) is 0 Å². The van der Waals surface area contributed by atoms with Crippen molar-refractivity contribution in [1.29, 1.82) is 0 Å². The van der Waals surface area contributed by atoms with Crippen molar-refractivity contribution in [2.75, 3.05) is 7.11 Å². The van der Waals surface area contributed by atoms with Crippen molar-refractivity contribution < 1.29 is 33.2 Å². The van der Waals surface area contributed by atoms with Gasteiger partial charge < -0.3 is 19.2 Å². The second kappa shape index (κ2) is 10.7. The summed E-state index contributed by atoms with van der Waals surface area (Å²) in [6, 6.07) is 10.8. The van der Waals surface area contributed by atoms with Crippen molar-refractivity contribution in [1.82, 2.24) is 10.2 Å². The molecule has 2 heterocycles. The van der Waals surface area contributed by atoms with Crippen molar-refractivity contribution in [3.8, 4) is 5.75 Å². The zero-order chi connectivity index (χ0) is 26.7. The van der Waals surface area contributed by atoms with Crippen molar-refractivity contribution in [3.63, 3.8) is 0 Å². The van der Waals surface area contributed by atoms with Crippen LogP contribution in [-0.2, 0) is 22.7 Å². The number of nitrogens with one attached hydrogen (secondary N) is 1. The Hall–Kier alpha value is -4.35. The number of benzene rings is 2. The number of ether oxygens (including phenoxy) is 2. The summed E-state index contributed by atoms with van der Waals surface area (Å²) in [6.07, 6.45) is 1.28. The summed E-state index contributed by atoms with van der Waals surface area (Å²) in [4.78, 5) is 48.6. The van der Waals surface area contributed by atoms with Gasteiger partial charge >= 0.3 is 12.0 Å². The number of nitro benzene ring substituents is 1. The monoisotopic (exact) mass is 545 g/mol. The smallest absolute Gasteiger partial charge is 0.373 e. The second-order valence-electron chi connectivity index (χ2n) is 7.65. The molecule has 1 N–H and O–H groups in total. The number of esters is 1. The lowest BCUT2D eigenvalue weighted by atomic mass is 10.1. The Bertz CT molecular complexity index is 1450. The lowest BCUT2D eigenvalue weighted by molar-refractivity contribution is -0.384. The number of furan rings is 1. The summed E-state index contributed by atoms with van der Waals surface area (Å²) < 4.78 is 15.7. The molecule has 11 nitrogen and oxygen atoms in total. The maximum atomic E-state index is 12.9. The van der Waals surface area contributed by atoms with Crippen LogP contribution in [0.15, 0.2) is 58.6 Å². The molecule has 1 aliphatic heterocycles. The number of imide groups is 1. The Kier molecular flexibility index (Phi) is 7.46. The molecule has 3 aromatic rings. The maximum absolute atomic E-state index is 12.9. The van der Waals surface area contributed by atoms with Crippen molar-refractivity contribution in [3.05, 3.63) is 97.0 Å². The highest BCUT2D eigenvalue weighted by Gasteiger charge is 2.34. The topological polar surface area (TPSA) is 141 Å². The number of halogens is 2. The van der Waals surface area contributed by atoms with E-state index >= 15 is 0 Å². The van der Waals surface area contributed by atoms with Crippen LogP contribution in [0.25, 0.3) is 6.08 Å². The fourth-order valence-corrected chi connectivity index (χ4v) is 3.70. The van der Waals surface area contributed by atoms with Gasteiger partial charge in [0.05, 0.1) is 28.6 Å². The molecule has 1 fully saturated rings. The molecule has 3 amide bonds. The van der Waals surface area contributed by atoms with Gasteiger partial charge in [-0.3, -0.25) is 19.8 Å². The molecule has 0 saturated carbocycles. The zero-order valence-electron chi connectivity index (χ0n) is 19.0. The molecule has 1 saturated heterocycles. The predicted molar refractivity (Wildman–Crippen MR) is 131 cm³/mol. The molecule has 13 heteroatoms. The summed E-state index contributed by atoms with van der Waals surface area (Å²) >= 11 is 12.0. The molecule has 1 aliphatic rings. The van der Waals surface area contributed by atoms with E-state index in [1.54, 1.807) is 18.2 Å². The third-order valence-electron chi connectivity index (χ3n) is 5.21. The maximum Gasteiger partial charge on any atom is 0.373 e. The van der Waals surface area contributed by atoms with E-state index in [-0.39, 0.29) is 47.4 Å². The molecular weight excluding hydrogens is 529 g/mol. The molecule has 0 aliphatic carbocycles. The van der Waals surface area contributed by atoms with Crippen LogP contribution in [0.4, 0.5) is 10.5 Å². The van der Waals surface area contributed by atoms with Gasteiger partial charge in [-0.15, -0.1) is 0 Å². The van der Waals surface area contributed by atoms with Gasteiger partial charge in [0.15, 0.2) is 0 Å². The molecule has 0 bridgehead atoms. The minimum atomic E-state index is -0.740.